The standard InChI is InChI=1S/C23H32N2O6/c1-21(2)11-12-24-18-14(21)7-6-8-15(18)25(20(29)19(24)28)13-17(27)23(5,31)10-9-16(26)22(3,4)30/h6-8,16,26,30-31H,9-13H2,1-5H3. The number of aliphatic hydroxyl groups is 3. The van der Waals surface area contributed by atoms with Gasteiger partial charge >= 0.3 is 11.1 Å². The third-order valence-electron chi connectivity index (χ3n) is 6.56. The zero-order chi connectivity index (χ0) is 23.4. The second kappa shape index (κ2) is 7.69. The molecule has 2 atom stereocenters. The Hall–Kier alpha value is -2.29. The lowest BCUT2D eigenvalue weighted by molar-refractivity contribution is -0.138. The van der Waals surface area contributed by atoms with Crippen LogP contribution in [0.25, 0.3) is 11.0 Å². The quantitative estimate of drug-likeness (QED) is 0.563. The molecule has 1 aromatic heterocycles. The largest absolute Gasteiger partial charge is 0.390 e. The summed E-state index contributed by atoms with van der Waals surface area (Å²) in [6.45, 7) is 8.33. The molecule has 3 N–H and O–H groups in total. The molecule has 1 aliphatic heterocycles. The minimum Gasteiger partial charge on any atom is -0.390 e. The van der Waals surface area contributed by atoms with E-state index in [-0.39, 0.29) is 18.3 Å². The lowest BCUT2D eigenvalue weighted by atomic mass is 9.78. The van der Waals surface area contributed by atoms with Crippen LogP contribution in [-0.2, 0) is 23.3 Å². The van der Waals surface area contributed by atoms with Gasteiger partial charge in [-0.2, -0.15) is 0 Å². The lowest BCUT2D eigenvalue weighted by Crippen LogP contribution is -2.48. The van der Waals surface area contributed by atoms with Crippen molar-refractivity contribution in [3.05, 3.63) is 44.5 Å². The second-order valence-electron chi connectivity index (χ2n) is 10.1. The first-order valence-corrected chi connectivity index (χ1v) is 10.6. The van der Waals surface area contributed by atoms with Gasteiger partial charge in [0.25, 0.3) is 0 Å². The third kappa shape index (κ3) is 4.24. The molecule has 0 saturated heterocycles. The van der Waals surface area contributed by atoms with E-state index >= 15 is 0 Å². The van der Waals surface area contributed by atoms with Crippen LogP contribution in [0, 0.1) is 0 Å². The van der Waals surface area contributed by atoms with Crippen LogP contribution in [0.15, 0.2) is 27.8 Å². The summed E-state index contributed by atoms with van der Waals surface area (Å²) in [4.78, 5) is 38.5. The van der Waals surface area contributed by atoms with E-state index in [1.165, 1.54) is 25.3 Å². The highest BCUT2D eigenvalue weighted by molar-refractivity contribution is 5.88. The first-order valence-electron chi connectivity index (χ1n) is 10.6. The number of hydrogen-bond acceptors (Lipinski definition) is 6. The van der Waals surface area contributed by atoms with E-state index in [2.05, 4.69) is 13.8 Å². The Balaban J connectivity index is 2.00. The fraction of sp³-hybridized carbons (Fsp3) is 0.609. The smallest absolute Gasteiger partial charge is 0.317 e. The first kappa shape index (κ1) is 23.4. The number of aromatic nitrogens is 2. The van der Waals surface area contributed by atoms with E-state index < -0.39 is 40.8 Å². The molecule has 3 rings (SSSR count). The molecule has 0 saturated carbocycles. The Morgan fingerprint density at radius 1 is 1.16 bits per heavy atom. The lowest BCUT2D eigenvalue weighted by Gasteiger charge is -2.33. The van der Waals surface area contributed by atoms with E-state index in [1.54, 1.807) is 12.1 Å². The molecule has 1 aliphatic rings. The molecule has 0 fully saturated rings. The highest BCUT2D eigenvalue weighted by atomic mass is 16.3. The van der Waals surface area contributed by atoms with Crippen molar-refractivity contribution in [2.45, 2.75) is 89.7 Å². The van der Waals surface area contributed by atoms with E-state index in [1.807, 2.05) is 6.07 Å². The zero-order valence-electron chi connectivity index (χ0n) is 18.8. The maximum Gasteiger partial charge on any atom is 0.317 e. The number of carbonyl (C=O) groups is 1. The van der Waals surface area contributed by atoms with E-state index in [0.717, 1.165) is 16.6 Å². The monoisotopic (exact) mass is 432 g/mol. The van der Waals surface area contributed by atoms with Crippen molar-refractivity contribution in [3.8, 4) is 0 Å². The summed E-state index contributed by atoms with van der Waals surface area (Å²) >= 11 is 0. The predicted molar refractivity (Wildman–Crippen MR) is 117 cm³/mol. The fourth-order valence-corrected chi connectivity index (χ4v) is 4.14. The number of ketones is 1. The van der Waals surface area contributed by atoms with Crippen molar-refractivity contribution in [1.29, 1.82) is 0 Å². The maximum absolute atomic E-state index is 12.9. The molecular weight excluding hydrogens is 400 g/mol. The van der Waals surface area contributed by atoms with Gasteiger partial charge in [0.05, 0.1) is 29.3 Å². The third-order valence-corrected chi connectivity index (χ3v) is 6.56. The molecule has 0 aliphatic carbocycles. The predicted octanol–water partition coefficient (Wildman–Crippen LogP) is 1.08. The molecule has 170 valence electrons. The van der Waals surface area contributed by atoms with Crippen molar-refractivity contribution >= 4 is 16.8 Å². The Labute approximate surface area is 180 Å². The highest BCUT2D eigenvalue weighted by Gasteiger charge is 2.35. The van der Waals surface area contributed by atoms with Crippen molar-refractivity contribution in [2.24, 2.45) is 0 Å². The summed E-state index contributed by atoms with van der Waals surface area (Å²) < 4.78 is 2.62. The number of Topliss-reactive ketones (excluding diaryl/α,β-unsaturated/α-hetero) is 1. The van der Waals surface area contributed by atoms with Gasteiger partial charge in [-0.15, -0.1) is 0 Å². The number of nitrogens with zero attached hydrogens (tertiary/aromatic N) is 2. The van der Waals surface area contributed by atoms with Crippen molar-refractivity contribution < 1.29 is 20.1 Å². The van der Waals surface area contributed by atoms with Crippen LogP contribution < -0.4 is 11.1 Å². The minimum absolute atomic E-state index is 0.00216. The van der Waals surface area contributed by atoms with Gasteiger partial charge in [0, 0.05) is 6.54 Å². The molecule has 2 heterocycles. The van der Waals surface area contributed by atoms with Gasteiger partial charge in [-0.05, 0) is 57.1 Å². The molecule has 8 heteroatoms. The van der Waals surface area contributed by atoms with Crippen LogP contribution in [0.2, 0.25) is 0 Å². The highest BCUT2D eigenvalue weighted by Crippen LogP contribution is 2.36. The summed E-state index contributed by atoms with van der Waals surface area (Å²) in [5.41, 5.74) is -2.80. The van der Waals surface area contributed by atoms with E-state index in [9.17, 15) is 29.7 Å². The van der Waals surface area contributed by atoms with Crippen LogP contribution in [0.4, 0.5) is 0 Å². The van der Waals surface area contributed by atoms with Crippen LogP contribution in [0.1, 0.15) is 59.4 Å². The Kier molecular flexibility index (Phi) is 5.80. The molecular formula is C23H32N2O6. The van der Waals surface area contributed by atoms with E-state index in [4.69, 9.17) is 0 Å². The fourth-order valence-electron chi connectivity index (χ4n) is 4.14. The van der Waals surface area contributed by atoms with Crippen molar-refractivity contribution in [3.63, 3.8) is 0 Å². The second-order valence-corrected chi connectivity index (χ2v) is 10.1. The average molecular weight is 433 g/mol. The first-order chi connectivity index (χ1) is 14.2. The summed E-state index contributed by atoms with van der Waals surface area (Å²) in [7, 11) is 0. The van der Waals surface area contributed by atoms with Crippen LogP contribution in [0.5, 0.6) is 0 Å². The number of rotatable bonds is 7. The Bertz CT molecular complexity index is 1130. The summed E-state index contributed by atoms with van der Waals surface area (Å²) in [5, 5.41) is 30.6. The number of hydrogen-bond donors (Lipinski definition) is 3. The number of carbonyl (C=O) groups excluding carboxylic acids is 1. The van der Waals surface area contributed by atoms with Gasteiger partial charge < -0.3 is 19.9 Å². The van der Waals surface area contributed by atoms with Gasteiger partial charge in [0.2, 0.25) is 0 Å². The summed E-state index contributed by atoms with van der Waals surface area (Å²) in [6.07, 6.45) is -0.502. The van der Waals surface area contributed by atoms with Gasteiger partial charge in [0.15, 0.2) is 5.78 Å². The number of para-hydroxylation sites is 1. The average Bonchev–Trinajstić information content (AvgIpc) is 2.67. The normalized spacial score (nSPS) is 18.6. The van der Waals surface area contributed by atoms with Crippen LogP contribution >= 0.6 is 0 Å². The SMILES string of the molecule is CC(O)(CCC(O)C(C)(C)O)C(=O)Cn1c(=O)c(=O)n2c3c(cccc31)C(C)(C)CC2. The summed E-state index contributed by atoms with van der Waals surface area (Å²) in [5.74, 6) is -0.641. The number of aryl methyl sites for hydroxylation is 1. The summed E-state index contributed by atoms with van der Waals surface area (Å²) in [6, 6.07) is 5.44. The van der Waals surface area contributed by atoms with Gasteiger partial charge in [-0.1, -0.05) is 26.0 Å². The minimum atomic E-state index is -1.83. The van der Waals surface area contributed by atoms with Crippen LogP contribution in [0.3, 0.4) is 0 Å². The van der Waals surface area contributed by atoms with Gasteiger partial charge in [-0.3, -0.25) is 19.0 Å². The molecule has 2 unspecified atom stereocenters. The topological polar surface area (TPSA) is 122 Å². The molecule has 0 radical (unpaired) electrons. The Morgan fingerprint density at radius 3 is 2.42 bits per heavy atom. The molecule has 0 amide bonds. The van der Waals surface area contributed by atoms with Gasteiger partial charge in [0.1, 0.15) is 5.60 Å². The molecule has 0 spiro atoms. The molecule has 2 aromatic rings. The van der Waals surface area contributed by atoms with E-state index in [0.29, 0.717) is 17.6 Å². The molecule has 0 bridgehead atoms. The number of aliphatic hydroxyl groups excluding tert-OH is 1. The molecule has 31 heavy (non-hydrogen) atoms. The van der Waals surface area contributed by atoms with Gasteiger partial charge in [-0.25, -0.2) is 0 Å². The van der Waals surface area contributed by atoms with Crippen LogP contribution in [-0.4, -0.2) is 47.5 Å². The zero-order valence-corrected chi connectivity index (χ0v) is 18.8. The maximum atomic E-state index is 12.9. The molecule has 1 aromatic carbocycles. The molecule has 8 nitrogen and oxygen atoms in total. The Morgan fingerprint density at radius 2 is 1.81 bits per heavy atom. The van der Waals surface area contributed by atoms with Crippen molar-refractivity contribution in [2.75, 3.05) is 0 Å². The van der Waals surface area contributed by atoms with Crippen molar-refractivity contribution in [1.82, 2.24) is 9.13 Å². The number of benzene rings is 1.